The van der Waals surface area contributed by atoms with Crippen LogP contribution in [0.4, 0.5) is 0 Å². The van der Waals surface area contributed by atoms with Crippen molar-refractivity contribution in [2.24, 2.45) is 0 Å². The zero-order chi connectivity index (χ0) is 11.5. The molecule has 0 amide bonds. The van der Waals surface area contributed by atoms with E-state index in [-0.39, 0.29) is 0 Å². The summed E-state index contributed by atoms with van der Waals surface area (Å²) in [6.45, 7) is 0. The van der Waals surface area contributed by atoms with Crippen LogP contribution in [0.1, 0.15) is 17.4 Å². The summed E-state index contributed by atoms with van der Waals surface area (Å²) >= 11 is 13.2. The fraction of sp³-hybridized carbons (Fsp3) is 0.182. The van der Waals surface area contributed by atoms with Gasteiger partial charge in [-0.2, -0.15) is 0 Å². The lowest BCUT2D eigenvalue weighted by molar-refractivity contribution is 0.174. The van der Waals surface area contributed by atoms with Crippen LogP contribution in [-0.2, 0) is 6.42 Å². The van der Waals surface area contributed by atoms with Gasteiger partial charge in [0.25, 0.3) is 0 Å². The molecule has 1 aromatic carbocycles. The second kappa shape index (κ2) is 5.15. The number of hydrogen-bond donors (Lipinski definition) is 1. The van der Waals surface area contributed by atoms with Crippen molar-refractivity contribution < 1.29 is 5.11 Å². The molecule has 1 aromatic heterocycles. The third kappa shape index (κ3) is 2.74. The number of aliphatic hydroxyl groups is 1. The molecule has 5 heteroatoms. The molecule has 0 saturated carbocycles. The zero-order valence-corrected chi connectivity index (χ0v) is 10.6. The minimum Gasteiger partial charge on any atom is -0.386 e. The molecule has 0 aliphatic rings. The number of halogens is 2. The lowest BCUT2D eigenvalue weighted by Gasteiger charge is -2.08. The molecule has 1 heterocycles. The average Bonchev–Trinajstić information content (AvgIpc) is 2.77. The molecule has 2 rings (SSSR count). The van der Waals surface area contributed by atoms with Gasteiger partial charge >= 0.3 is 0 Å². The Labute approximate surface area is 107 Å². The van der Waals surface area contributed by atoms with Crippen molar-refractivity contribution in [3.8, 4) is 0 Å². The number of nitrogens with zero attached hydrogens (tertiary/aromatic N) is 1. The molecule has 16 heavy (non-hydrogen) atoms. The van der Waals surface area contributed by atoms with Crippen LogP contribution in [0.5, 0.6) is 0 Å². The Bertz CT molecular complexity index is 473. The topological polar surface area (TPSA) is 33.1 Å². The normalized spacial score (nSPS) is 12.7. The molecule has 0 aliphatic heterocycles. The number of aliphatic hydroxyl groups excluding tert-OH is 1. The van der Waals surface area contributed by atoms with Crippen LogP contribution in [0.25, 0.3) is 0 Å². The summed E-state index contributed by atoms with van der Waals surface area (Å²) in [4.78, 5) is 4.06. The van der Waals surface area contributed by atoms with E-state index in [9.17, 15) is 5.11 Å². The SMILES string of the molecule is OC(Cc1ccc(Cl)c(Cl)c1)c1cscn1. The van der Waals surface area contributed by atoms with Crippen LogP contribution in [0.3, 0.4) is 0 Å². The summed E-state index contributed by atoms with van der Waals surface area (Å²) in [5.41, 5.74) is 3.33. The molecular formula is C11H9Cl2NOS. The molecule has 1 atom stereocenters. The second-order valence-electron chi connectivity index (χ2n) is 3.38. The minimum atomic E-state index is -0.594. The smallest absolute Gasteiger partial charge is 0.101 e. The van der Waals surface area contributed by atoms with Gasteiger partial charge < -0.3 is 5.11 Å². The fourth-order valence-corrected chi connectivity index (χ4v) is 2.30. The van der Waals surface area contributed by atoms with Crippen LogP contribution in [-0.4, -0.2) is 10.1 Å². The van der Waals surface area contributed by atoms with Gasteiger partial charge in [0.2, 0.25) is 0 Å². The van der Waals surface area contributed by atoms with Crippen LogP contribution < -0.4 is 0 Å². The van der Waals surface area contributed by atoms with E-state index in [1.165, 1.54) is 11.3 Å². The first-order valence-electron chi connectivity index (χ1n) is 4.67. The zero-order valence-electron chi connectivity index (χ0n) is 8.23. The molecule has 0 spiro atoms. The molecule has 1 N–H and O–H groups in total. The van der Waals surface area contributed by atoms with Crippen LogP contribution in [0.2, 0.25) is 10.0 Å². The van der Waals surface area contributed by atoms with E-state index in [1.807, 2.05) is 11.4 Å². The van der Waals surface area contributed by atoms with Gasteiger partial charge in [-0.05, 0) is 17.7 Å². The number of aromatic nitrogens is 1. The van der Waals surface area contributed by atoms with Gasteiger partial charge in [-0.25, -0.2) is 4.98 Å². The van der Waals surface area contributed by atoms with E-state index in [4.69, 9.17) is 23.2 Å². The highest BCUT2D eigenvalue weighted by molar-refractivity contribution is 7.07. The average molecular weight is 274 g/mol. The lowest BCUT2D eigenvalue weighted by Crippen LogP contribution is -2.01. The number of benzene rings is 1. The predicted octanol–water partition coefficient (Wildman–Crippen LogP) is 3.73. The quantitative estimate of drug-likeness (QED) is 0.925. The van der Waals surface area contributed by atoms with Gasteiger partial charge in [0.1, 0.15) is 6.10 Å². The Kier molecular flexibility index (Phi) is 3.82. The van der Waals surface area contributed by atoms with E-state index in [0.717, 1.165) is 5.56 Å². The number of hydrogen-bond acceptors (Lipinski definition) is 3. The van der Waals surface area contributed by atoms with Gasteiger partial charge in [0.05, 0.1) is 21.2 Å². The van der Waals surface area contributed by atoms with Crippen molar-refractivity contribution in [1.82, 2.24) is 4.98 Å². The first kappa shape index (κ1) is 11.9. The first-order chi connectivity index (χ1) is 7.66. The van der Waals surface area contributed by atoms with Gasteiger partial charge in [-0.3, -0.25) is 0 Å². The summed E-state index contributed by atoms with van der Waals surface area (Å²) in [6.07, 6.45) is -0.107. The summed E-state index contributed by atoms with van der Waals surface area (Å²) in [7, 11) is 0. The predicted molar refractivity (Wildman–Crippen MR) is 67.2 cm³/mol. The van der Waals surface area contributed by atoms with E-state index >= 15 is 0 Å². The minimum absolute atomic E-state index is 0.487. The summed E-state index contributed by atoms with van der Waals surface area (Å²) in [5.74, 6) is 0. The molecule has 0 saturated heterocycles. The maximum Gasteiger partial charge on any atom is 0.101 e. The summed E-state index contributed by atoms with van der Waals surface area (Å²) in [6, 6.07) is 5.34. The van der Waals surface area contributed by atoms with Gasteiger partial charge in [-0.1, -0.05) is 29.3 Å². The van der Waals surface area contributed by atoms with Gasteiger partial charge in [0, 0.05) is 11.8 Å². The van der Waals surface area contributed by atoms with E-state index in [1.54, 1.807) is 17.6 Å². The Hall–Kier alpha value is -0.610. The molecule has 2 aromatic rings. The van der Waals surface area contributed by atoms with Crippen molar-refractivity contribution in [1.29, 1.82) is 0 Å². The highest BCUT2D eigenvalue weighted by Crippen LogP contribution is 2.25. The first-order valence-corrected chi connectivity index (χ1v) is 6.37. The number of rotatable bonds is 3. The van der Waals surface area contributed by atoms with Crippen molar-refractivity contribution >= 4 is 34.5 Å². The third-order valence-corrected chi connectivity index (χ3v) is 3.55. The second-order valence-corrected chi connectivity index (χ2v) is 4.91. The fourth-order valence-electron chi connectivity index (χ4n) is 1.38. The maximum atomic E-state index is 9.89. The van der Waals surface area contributed by atoms with Crippen molar-refractivity contribution in [2.75, 3.05) is 0 Å². The molecule has 0 aliphatic carbocycles. The third-order valence-electron chi connectivity index (χ3n) is 2.21. The molecule has 0 bridgehead atoms. The molecule has 0 radical (unpaired) electrons. The van der Waals surface area contributed by atoms with E-state index in [0.29, 0.717) is 22.2 Å². The Balaban J connectivity index is 2.12. The molecule has 0 fully saturated rings. The van der Waals surface area contributed by atoms with Crippen LogP contribution >= 0.6 is 34.5 Å². The molecule has 2 nitrogen and oxygen atoms in total. The monoisotopic (exact) mass is 273 g/mol. The largest absolute Gasteiger partial charge is 0.386 e. The van der Waals surface area contributed by atoms with Crippen molar-refractivity contribution in [3.63, 3.8) is 0 Å². The summed E-state index contributed by atoms with van der Waals surface area (Å²) < 4.78 is 0. The highest BCUT2D eigenvalue weighted by Gasteiger charge is 2.11. The van der Waals surface area contributed by atoms with Gasteiger partial charge in [0.15, 0.2) is 0 Å². The molecular weight excluding hydrogens is 265 g/mol. The Morgan fingerprint density at radius 1 is 1.31 bits per heavy atom. The summed E-state index contributed by atoms with van der Waals surface area (Å²) in [5, 5.41) is 12.8. The van der Waals surface area contributed by atoms with E-state index < -0.39 is 6.10 Å². The standard InChI is InChI=1S/C11H9Cl2NOS/c12-8-2-1-7(3-9(8)13)4-11(15)10-5-16-6-14-10/h1-3,5-6,11,15H,4H2. The highest BCUT2D eigenvalue weighted by atomic mass is 35.5. The molecule has 84 valence electrons. The van der Waals surface area contributed by atoms with Crippen molar-refractivity contribution in [3.05, 3.63) is 50.4 Å². The number of thiazole rings is 1. The van der Waals surface area contributed by atoms with E-state index in [2.05, 4.69) is 4.98 Å². The van der Waals surface area contributed by atoms with Crippen LogP contribution in [0, 0.1) is 0 Å². The Morgan fingerprint density at radius 3 is 2.75 bits per heavy atom. The lowest BCUT2D eigenvalue weighted by atomic mass is 10.1. The van der Waals surface area contributed by atoms with Gasteiger partial charge in [-0.15, -0.1) is 11.3 Å². The van der Waals surface area contributed by atoms with Crippen LogP contribution in [0.15, 0.2) is 29.1 Å². The molecule has 1 unspecified atom stereocenters. The van der Waals surface area contributed by atoms with Crippen molar-refractivity contribution in [2.45, 2.75) is 12.5 Å². The maximum absolute atomic E-state index is 9.89. The Morgan fingerprint density at radius 2 is 2.12 bits per heavy atom.